The first-order valence-corrected chi connectivity index (χ1v) is 4.65. The Balaban J connectivity index is 4.61. The van der Waals surface area contributed by atoms with Crippen LogP contribution in [0.5, 0.6) is 0 Å². The number of nitrogens with two attached hydrogens (primary N) is 1. The summed E-state index contributed by atoms with van der Waals surface area (Å²) in [5.74, 6) is 6.69. The fraction of sp³-hybridized carbons (Fsp3) is 0.889. The lowest BCUT2D eigenvalue weighted by atomic mass is 10.4. The van der Waals surface area contributed by atoms with E-state index in [0.29, 0.717) is 0 Å². The van der Waals surface area contributed by atoms with Crippen LogP contribution in [-0.4, -0.2) is 42.0 Å². The number of hydrogen-bond donors (Lipinski definition) is 1. The largest absolute Gasteiger partial charge is 0.348 e. The molecular formula is C9H22N4. The van der Waals surface area contributed by atoms with Crippen molar-refractivity contribution < 1.29 is 0 Å². The summed E-state index contributed by atoms with van der Waals surface area (Å²) in [6, 6.07) is 0.530. The zero-order valence-electron chi connectivity index (χ0n) is 9.57. The van der Waals surface area contributed by atoms with Gasteiger partial charge < -0.3 is 4.90 Å². The SMILES string of the molecule is CC(C)N=C(N(C)C)N(N)C(C)C. The van der Waals surface area contributed by atoms with Crippen molar-refractivity contribution in [3.05, 3.63) is 0 Å². The Labute approximate surface area is 81.4 Å². The van der Waals surface area contributed by atoms with Crippen LogP contribution in [0.25, 0.3) is 0 Å². The summed E-state index contributed by atoms with van der Waals surface area (Å²) in [4.78, 5) is 6.37. The van der Waals surface area contributed by atoms with E-state index < -0.39 is 0 Å². The van der Waals surface area contributed by atoms with Crippen molar-refractivity contribution in [1.29, 1.82) is 0 Å². The van der Waals surface area contributed by atoms with E-state index in [0.717, 1.165) is 5.96 Å². The zero-order valence-corrected chi connectivity index (χ0v) is 9.57. The van der Waals surface area contributed by atoms with Crippen molar-refractivity contribution in [3.63, 3.8) is 0 Å². The number of nitrogens with zero attached hydrogens (tertiary/aromatic N) is 3. The third kappa shape index (κ3) is 4.12. The maximum absolute atomic E-state index is 5.87. The Bertz CT molecular complexity index is 172. The van der Waals surface area contributed by atoms with Gasteiger partial charge in [-0.1, -0.05) is 0 Å². The quantitative estimate of drug-likeness (QED) is 0.301. The van der Waals surface area contributed by atoms with Crippen molar-refractivity contribution in [3.8, 4) is 0 Å². The lowest BCUT2D eigenvalue weighted by Crippen LogP contribution is -2.49. The highest BCUT2D eigenvalue weighted by molar-refractivity contribution is 5.79. The Morgan fingerprint density at radius 3 is 1.85 bits per heavy atom. The standard InChI is InChI=1S/C9H22N4/c1-7(2)11-9(12(5)6)13(10)8(3)4/h7-8H,10H2,1-6H3. The third-order valence-electron chi connectivity index (χ3n) is 1.56. The molecule has 13 heavy (non-hydrogen) atoms. The summed E-state index contributed by atoms with van der Waals surface area (Å²) >= 11 is 0. The molecule has 0 aromatic carbocycles. The van der Waals surface area contributed by atoms with E-state index in [4.69, 9.17) is 5.84 Å². The highest BCUT2D eigenvalue weighted by Gasteiger charge is 2.12. The normalized spacial score (nSPS) is 12.5. The minimum atomic E-state index is 0.264. The predicted molar refractivity (Wildman–Crippen MR) is 57.4 cm³/mol. The van der Waals surface area contributed by atoms with Crippen molar-refractivity contribution in [2.45, 2.75) is 39.8 Å². The van der Waals surface area contributed by atoms with E-state index in [-0.39, 0.29) is 12.1 Å². The molecule has 0 amide bonds. The number of aliphatic imine (C=N–C) groups is 1. The summed E-state index contributed by atoms with van der Waals surface area (Å²) in [6.45, 7) is 8.16. The van der Waals surface area contributed by atoms with E-state index >= 15 is 0 Å². The fourth-order valence-electron chi connectivity index (χ4n) is 0.875. The van der Waals surface area contributed by atoms with Gasteiger partial charge in [0.05, 0.1) is 0 Å². The van der Waals surface area contributed by atoms with Crippen LogP contribution in [-0.2, 0) is 0 Å². The van der Waals surface area contributed by atoms with Crippen molar-refractivity contribution in [2.24, 2.45) is 10.8 Å². The number of hydrazine groups is 1. The Morgan fingerprint density at radius 2 is 1.62 bits per heavy atom. The first kappa shape index (κ1) is 12.2. The molecule has 4 nitrogen and oxygen atoms in total. The maximum Gasteiger partial charge on any atom is 0.211 e. The molecule has 0 fully saturated rings. The molecule has 0 aliphatic carbocycles. The molecule has 0 atom stereocenters. The molecule has 0 bridgehead atoms. The molecule has 0 saturated carbocycles. The van der Waals surface area contributed by atoms with Gasteiger partial charge in [0.15, 0.2) is 0 Å². The number of hydrogen-bond acceptors (Lipinski definition) is 2. The second kappa shape index (κ2) is 5.07. The van der Waals surface area contributed by atoms with Gasteiger partial charge >= 0.3 is 0 Å². The van der Waals surface area contributed by atoms with Gasteiger partial charge in [-0.25, -0.2) is 10.8 Å². The van der Waals surface area contributed by atoms with E-state index in [1.54, 1.807) is 5.01 Å². The summed E-state index contributed by atoms with van der Waals surface area (Å²) in [5, 5.41) is 1.68. The number of rotatable bonds is 2. The molecular weight excluding hydrogens is 164 g/mol. The fourth-order valence-corrected chi connectivity index (χ4v) is 0.875. The first-order valence-electron chi connectivity index (χ1n) is 4.65. The second-order valence-electron chi connectivity index (χ2n) is 3.92. The van der Waals surface area contributed by atoms with Crippen molar-refractivity contribution in [1.82, 2.24) is 9.91 Å². The molecule has 0 radical (unpaired) electrons. The third-order valence-corrected chi connectivity index (χ3v) is 1.56. The highest BCUT2D eigenvalue weighted by atomic mass is 15.5. The topological polar surface area (TPSA) is 44.9 Å². The summed E-state index contributed by atoms with van der Waals surface area (Å²) in [6.07, 6.45) is 0. The van der Waals surface area contributed by atoms with Crippen molar-refractivity contribution in [2.75, 3.05) is 14.1 Å². The molecule has 2 N–H and O–H groups in total. The summed E-state index contributed by atoms with van der Waals surface area (Å²) in [7, 11) is 3.90. The van der Waals surface area contributed by atoms with Crippen LogP contribution >= 0.6 is 0 Å². The van der Waals surface area contributed by atoms with Crippen LogP contribution in [0, 0.1) is 0 Å². The summed E-state index contributed by atoms with van der Waals surface area (Å²) in [5.41, 5.74) is 0. The Morgan fingerprint density at radius 1 is 1.15 bits per heavy atom. The van der Waals surface area contributed by atoms with Crippen LogP contribution in [0.1, 0.15) is 27.7 Å². The molecule has 0 aromatic heterocycles. The molecule has 0 aliphatic heterocycles. The van der Waals surface area contributed by atoms with Crippen molar-refractivity contribution >= 4 is 5.96 Å². The van der Waals surface area contributed by atoms with E-state index in [9.17, 15) is 0 Å². The lowest BCUT2D eigenvalue weighted by molar-refractivity contribution is 0.317. The molecule has 0 unspecified atom stereocenters. The van der Waals surface area contributed by atoms with Crippen LogP contribution < -0.4 is 5.84 Å². The smallest absolute Gasteiger partial charge is 0.211 e. The molecule has 78 valence electrons. The maximum atomic E-state index is 5.87. The zero-order chi connectivity index (χ0) is 10.6. The molecule has 4 heteroatoms. The highest BCUT2D eigenvalue weighted by Crippen LogP contribution is 1.98. The van der Waals surface area contributed by atoms with Gasteiger partial charge in [0.2, 0.25) is 5.96 Å². The van der Waals surface area contributed by atoms with E-state index in [1.807, 2.05) is 46.7 Å². The van der Waals surface area contributed by atoms with Crippen LogP contribution in [0.15, 0.2) is 4.99 Å². The minimum Gasteiger partial charge on any atom is -0.348 e. The molecule has 0 rings (SSSR count). The van der Waals surface area contributed by atoms with E-state index in [2.05, 4.69) is 4.99 Å². The second-order valence-corrected chi connectivity index (χ2v) is 3.92. The molecule has 0 aromatic rings. The van der Waals surface area contributed by atoms with Gasteiger partial charge in [0, 0.05) is 26.2 Å². The molecule has 0 spiro atoms. The minimum absolute atomic E-state index is 0.264. The molecule has 0 aliphatic rings. The van der Waals surface area contributed by atoms with Crippen LogP contribution in [0.3, 0.4) is 0 Å². The predicted octanol–water partition coefficient (Wildman–Crippen LogP) is 0.896. The lowest BCUT2D eigenvalue weighted by Gasteiger charge is -2.29. The van der Waals surface area contributed by atoms with Gasteiger partial charge in [-0.2, -0.15) is 0 Å². The van der Waals surface area contributed by atoms with Gasteiger partial charge in [0.1, 0.15) is 0 Å². The van der Waals surface area contributed by atoms with Gasteiger partial charge in [-0.15, -0.1) is 0 Å². The van der Waals surface area contributed by atoms with Crippen LogP contribution in [0.2, 0.25) is 0 Å². The van der Waals surface area contributed by atoms with Gasteiger partial charge in [0.25, 0.3) is 0 Å². The van der Waals surface area contributed by atoms with Crippen LogP contribution in [0.4, 0.5) is 0 Å². The number of guanidine groups is 1. The average molecular weight is 186 g/mol. The first-order chi connectivity index (χ1) is 5.86. The molecule has 0 saturated heterocycles. The monoisotopic (exact) mass is 186 g/mol. The molecule has 0 heterocycles. The van der Waals surface area contributed by atoms with E-state index in [1.165, 1.54) is 0 Å². The summed E-state index contributed by atoms with van der Waals surface area (Å²) < 4.78 is 0. The average Bonchev–Trinajstić information content (AvgIpc) is 1.97. The Hall–Kier alpha value is -0.770. The van der Waals surface area contributed by atoms with Gasteiger partial charge in [-0.05, 0) is 27.7 Å². The Kier molecular flexibility index (Phi) is 4.77. The van der Waals surface area contributed by atoms with Gasteiger partial charge in [-0.3, -0.25) is 5.01 Å².